The highest BCUT2D eigenvalue weighted by Gasteiger charge is 2.35. The largest absolute Gasteiger partial charge is 0.381 e. The number of pyridine rings is 1. The van der Waals surface area contributed by atoms with E-state index >= 15 is 0 Å². The molecule has 1 aliphatic rings. The Labute approximate surface area is 162 Å². The van der Waals surface area contributed by atoms with E-state index in [2.05, 4.69) is 29.5 Å². The number of nitrogens with zero attached hydrogens (tertiary/aromatic N) is 1. The SMILES string of the molecule is CCC(CC(C)C)C(=O)NCC1(NC(=O)c2ccnc(C)c2)CCOCC1. The van der Waals surface area contributed by atoms with E-state index in [1.165, 1.54) is 0 Å². The first-order valence-electron chi connectivity index (χ1n) is 9.96. The second-order valence-corrected chi connectivity index (χ2v) is 7.99. The summed E-state index contributed by atoms with van der Waals surface area (Å²) in [6.45, 7) is 9.76. The fourth-order valence-corrected chi connectivity index (χ4v) is 3.54. The summed E-state index contributed by atoms with van der Waals surface area (Å²) in [6.07, 6.45) is 4.71. The van der Waals surface area contributed by atoms with Gasteiger partial charge in [-0.2, -0.15) is 0 Å². The van der Waals surface area contributed by atoms with Gasteiger partial charge in [-0.1, -0.05) is 20.8 Å². The number of carbonyl (C=O) groups excluding carboxylic acids is 2. The van der Waals surface area contributed by atoms with E-state index in [1.807, 2.05) is 13.8 Å². The maximum Gasteiger partial charge on any atom is 0.251 e. The fourth-order valence-electron chi connectivity index (χ4n) is 3.54. The Morgan fingerprint density at radius 3 is 2.59 bits per heavy atom. The molecule has 0 bridgehead atoms. The first kappa shape index (κ1) is 21.4. The molecule has 2 amide bonds. The number of amides is 2. The molecule has 6 nitrogen and oxygen atoms in total. The highest BCUT2D eigenvalue weighted by Crippen LogP contribution is 2.22. The topological polar surface area (TPSA) is 80.3 Å². The molecular weight excluding hydrogens is 342 g/mol. The van der Waals surface area contributed by atoms with Crippen LogP contribution in [0.1, 0.15) is 62.5 Å². The molecular formula is C21H33N3O3. The van der Waals surface area contributed by atoms with Crippen molar-refractivity contribution in [3.8, 4) is 0 Å². The van der Waals surface area contributed by atoms with Crippen LogP contribution in [0.3, 0.4) is 0 Å². The molecule has 2 heterocycles. The van der Waals surface area contributed by atoms with Gasteiger partial charge in [-0.05, 0) is 50.7 Å². The number of hydrogen-bond acceptors (Lipinski definition) is 4. The molecule has 2 rings (SSSR count). The summed E-state index contributed by atoms with van der Waals surface area (Å²) < 4.78 is 5.49. The van der Waals surface area contributed by atoms with Crippen molar-refractivity contribution in [3.63, 3.8) is 0 Å². The molecule has 27 heavy (non-hydrogen) atoms. The Morgan fingerprint density at radius 2 is 2.00 bits per heavy atom. The van der Waals surface area contributed by atoms with Gasteiger partial charge in [0.05, 0.1) is 5.54 Å². The minimum Gasteiger partial charge on any atom is -0.381 e. The number of aromatic nitrogens is 1. The van der Waals surface area contributed by atoms with Crippen molar-refractivity contribution in [2.75, 3.05) is 19.8 Å². The lowest BCUT2D eigenvalue weighted by atomic mass is 9.88. The molecule has 6 heteroatoms. The van der Waals surface area contributed by atoms with Gasteiger partial charge in [0.2, 0.25) is 5.91 Å². The highest BCUT2D eigenvalue weighted by molar-refractivity contribution is 5.94. The number of carbonyl (C=O) groups is 2. The van der Waals surface area contributed by atoms with Crippen molar-refractivity contribution in [1.29, 1.82) is 0 Å². The van der Waals surface area contributed by atoms with Gasteiger partial charge in [-0.25, -0.2) is 0 Å². The van der Waals surface area contributed by atoms with E-state index in [9.17, 15) is 9.59 Å². The first-order chi connectivity index (χ1) is 12.8. The van der Waals surface area contributed by atoms with E-state index in [0.717, 1.165) is 18.5 Å². The van der Waals surface area contributed by atoms with Crippen LogP contribution in [-0.4, -0.2) is 42.1 Å². The third-order valence-electron chi connectivity index (χ3n) is 5.21. The summed E-state index contributed by atoms with van der Waals surface area (Å²) in [7, 11) is 0. The lowest BCUT2D eigenvalue weighted by Gasteiger charge is -2.38. The number of aryl methyl sites for hydroxylation is 1. The summed E-state index contributed by atoms with van der Waals surface area (Å²) in [6, 6.07) is 3.49. The summed E-state index contributed by atoms with van der Waals surface area (Å²) in [4.78, 5) is 29.5. The van der Waals surface area contributed by atoms with Gasteiger partial charge < -0.3 is 15.4 Å². The second kappa shape index (κ2) is 9.83. The molecule has 0 saturated carbocycles. The standard InChI is InChI=1S/C21H33N3O3/c1-5-17(12-15(2)3)19(25)23-14-21(7-10-27-11-8-21)24-20(26)18-6-9-22-16(4)13-18/h6,9,13,15,17H,5,7-8,10-12,14H2,1-4H3,(H,23,25)(H,24,26). The Hall–Kier alpha value is -1.95. The zero-order chi connectivity index (χ0) is 19.9. The van der Waals surface area contributed by atoms with Gasteiger partial charge in [-0.3, -0.25) is 14.6 Å². The highest BCUT2D eigenvalue weighted by atomic mass is 16.5. The van der Waals surface area contributed by atoms with Crippen molar-refractivity contribution in [3.05, 3.63) is 29.6 Å². The summed E-state index contributed by atoms with van der Waals surface area (Å²) in [5.41, 5.74) is 0.917. The van der Waals surface area contributed by atoms with Gasteiger partial charge >= 0.3 is 0 Å². The van der Waals surface area contributed by atoms with Crippen LogP contribution >= 0.6 is 0 Å². The number of nitrogens with one attached hydrogen (secondary N) is 2. The van der Waals surface area contributed by atoms with Crippen molar-refractivity contribution >= 4 is 11.8 Å². The molecule has 1 atom stereocenters. The van der Waals surface area contributed by atoms with Crippen LogP contribution in [0.15, 0.2) is 18.3 Å². The normalized spacial score (nSPS) is 17.4. The average Bonchev–Trinajstić information content (AvgIpc) is 2.65. The number of ether oxygens (including phenoxy) is 1. The van der Waals surface area contributed by atoms with Crippen LogP contribution in [0.2, 0.25) is 0 Å². The van der Waals surface area contributed by atoms with Crippen LogP contribution in [0.25, 0.3) is 0 Å². The van der Waals surface area contributed by atoms with Gasteiger partial charge in [0.15, 0.2) is 0 Å². The maximum absolute atomic E-state index is 12.8. The third-order valence-corrected chi connectivity index (χ3v) is 5.21. The molecule has 1 aliphatic heterocycles. The lowest BCUT2D eigenvalue weighted by molar-refractivity contribution is -0.126. The third kappa shape index (κ3) is 6.31. The molecule has 2 N–H and O–H groups in total. The molecule has 1 aromatic rings. The van der Waals surface area contributed by atoms with Gasteiger partial charge in [0, 0.05) is 43.1 Å². The van der Waals surface area contributed by atoms with Crippen molar-refractivity contribution in [2.24, 2.45) is 11.8 Å². The zero-order valence-corrected chi connectivity index (χ0v) is 17.0. The van der Waals surface area contributed by atoms with Gasteiger partial charge in [-0.15, -0.1) is 0 Å². The summed E-state index contributed by atoms with van der Waals surface area (Å²) in [5, 5.41) is 6.26. The van der Waals surface area contributed by atoms with Gasteiger partial charge in [0.1, 0.15) is 0 Å². The van der Waals surface area contributed by atoms with E-state index in [1.54, 1.807) is 18.3 Å². The van der Waals surface area contributed by atoms with E-state index in [0.29, 0.717) is 44.1 Å². The molecule has 1 aromatic heterocycles. The summed E-state index contributed by atoms with van der Waals surface area (Å²) >= 11 is 0. The smallest absolute Gasteiger partial charge is 0.251 e. The molecule has 150 valence electrons. The predicted molar refractivity (Wildman–Crippen MR) is 105 cm³/mol. The van der Waals surface area contributed by atoms with Crippen LogP contribution in [0.5, 0.6) is 0 Å². The monoisotopic (exact) mass is 375 g/mol. The molecule has 0 spiro atoms. The van der Waals surface area contributed by atoms with Crippen molar-refractivity contribution in [2.45, 2.75) is 58.9 Å². The molecule has 1 fully saturated rings. The molecule has 1 unspecified atom stereocenters. The van der Waals surface area contributed by atoms with Crippen molar-refractivity contribution < 1.29 is 14.3 Å². The maximum atomic E-state index is 12.8. The van der Waals surface area contributed by atoms with Crippen LogP contribution < -0.4 is 10.6 Å². The number of rotatable bonds is 8. The quantitative estimate of drug-likeness (QED) is 0.732. The van der Waals surface area contributed by atoms with Crippen LogP contribution in [-0.2, 0) is 9.53 Å². The van der Waals surface area contributed by atoms with E-state index < -0.39 is 5.54 Å². The summed E-state index contributed by atoms with van der Waals surface area (Å²) in [5.74, 6) is 0.435. The van der Waals surface area contributed by atoms with E-state index in [-0.39, 0.29) is 17.7 Å². The second-order valence-electron chi connectivity index (χ2n) is 7.99. The Morgan fingerprint density at radius 1 is 1.30 bits per heavy atom. The average molecular weight is 376 g/mol. The molecule has 1 saturated heterocycles. The number of hydrogen-bond donors (Lipinski definition) is 2. The Kier molecular flexibility index (Phi) is 7.78. The minimum absolute atomic E-state index is 0.0143. The molecule has 0 aliphatic carbocycles. The Balaban J connectivity index is 2.05. The van der Waals surface area contributed by atoms with Gasteiger partial charge in [0.25, 0.3) is 5.91 Å². The fraction of sp³-hybridized carbons (Fsp3) is 0.667. The van der Waals surface area contributed by atoms with E-state index in [4.69, 9.17) is 4.74 Å². The van der Waals surface area contributed by atoms with Crippen LogP contribution in [0.4, 0.5) is 0 Å². The first-order valence-corrected chi connectivity index (χ1v) is 9.96. The van der Waals surface area contributed by atoms with Crippen LogP contribution in [0, 0.1) is 18.8 Å². The lowest BCUT2D eigenvalue weighted by Crippen LogP contribution is -2.58. The molecule has 0 aromatic carbocycles. The van der Waals surface area contributed by atoms with Crippen molar-refractivity contribution in [1.82, 2.24) is 15.6 Å². The molecule has 0 radical (unpaired) electrons. The minimum atomic E-state index is -0.474. The zero-order valence-electron chi connectivity index (χ0n) is 17.0. The predicted octanol–water partition coefficient (Wildman–Crippen LogP) is 2.86. The Bertz CT molecular complexity index is 639.